The van der Waals surface area contributed by atoms with Gasteiger partial charge in [0.15, 0.2) is 0 Å². The molecule has 24 heavy (non-hydrogen) atoms. The van der Waals surface area contributed by atoms with Gasteiger partial charge in [-0.3, -0.25) is 4.79 Å². The first-order valence-electron chi connectivity index (χ1n) is 9.56. The average molecular weight is 326 g/mol. The molecule has 2 aliphatic carbocycles. The molecule has 2 atom stereocenters. The number of carbonyl (C=O) groups excluding carboxylic acids is 1. The summed E-state index contributed by atoms with van der Waals surface area (Å²) in [5.74, 6) is 4.45. The fourth-order valence-corrected chi connectivity index (χ4v) is 4.86. The highest BCUT2D eigenvalue weighted by molar-refractivity contribution is 5.77. The van der Waals surface area contributed by atoms with Crippen LogP contribution in [0.15, 0.2) is 0 Å². The second kappa shape index (κ2) is 5.43. The number of hydrogen-bond donors (Lipinski definition) is 0. The number of anilines is 1. The van der Waals surface area contributed by atoms with Crippen LogP contribution in [-0.2, 0) is 17.6 Å². The van der Waals surface area contributed by atoms with E-state index in [2.05, 4.69) is 14.8 Å². The third kappa shape index (κ3) is 2.49. The van der Waals surface area contributed by atoms with Gasteiger partial charge in [-0.15, -0.1) is 0 Å². The lowest BCUT2D eigenvalue weighted by molar-refractivity contribution is -0.130. The monoisotopic (exact) mass is 326 g/mol. The summed E-state index contributed by atoms with van der Waals surface area (Å²) in [6.07, 6.45) is 6.77. The Morgan fingerprint density at radius 3 is 2.54 bits per heavy atom. The largest absolute Gasteiger partial charge is 0.356 e. The minimum Gasteiger partial charge on any atom is -0.356 e. The third-order valence-corrected chi connectivity index (χ3v) is 6.32. The smallest absolute Gasteiger partial charge is 0.222 e. The average Bonchev–Trinajstić information content (AvgIpc) is 2.97. The summed E-state index contributed by atoms with van der Waals surface area (Å²) in [6.45, 7) is 6.04. The van der Waals surface area contributed by atoms with E-state index >= 15 is 0 Å². The highest BCUT2D eigenvalue weighted by Crippen LogP contribution is 2.38. The molecule has 0 radical (unpaired) electrons. The van der Waals surface area contributed by atoms with E-state index in [1.54, 1.807) is 0 Å². The standard InChI is InChI=1S/C19H26N4O/c1-12-20-17-4-2-3-16(17)19(21-12)23-10-14-8-22(9-15(14)11-23)18(24)7-13-5-6-13/h13-15H,2-11H2,1H3. The Morgan fingerprint density at radius 1 is 1.08 bits per heavy atom. The van der Waals surface area contributed by atoms with Gasteiger partial charge in [-0.25, -0.2) is 9.97 Å². The van der Waals surface area contributed by atoms with Crippen LogP contribution >= 0.6 is 0 Å². The molecule has 3 fully saturated rings. The molecule has 3 heterocycles. The molecule has 1 aromatic heterocycles. The number of hydrogen-bond acceptors (Lipinski definition) is 4. The number of aryl methyl sites for hydroxylation is 2. The van der Waals surface area contributed by atoms with Crippen molar-refractivity contribution in [2.75, 3.05) is 31.1 Å². The molecule has 0 aromatic carbocycles. The predicted molar refractivity (Wildman–Crippen MR) is 91.9 cm³/mol. The van der Waals surface area contributed by atoms with Crippen molar-refractivity contribution in [2.24, 2.45) is 17.8 Å². The highest BCUT2D eigenvalue weighted by atomic mass is 16.2. The summed E-state index contributed by atoms with van der Waals surface area (Å²) in [4.78, 5) is 26.4. The van der Waals surface area contributed by atoms with E-state index < -0.39 is 0 Å². The van der Waals surface area contributed by atoms with Crippen molar-refractivity contribution in [3.8, 4) is 0 Å². The van der Waals surface area contributed by atoms with Gasteiger partial charge in [0.05, 0.1) is 0 Å². The molecule has 0 N–H and O–H groups in total. The first kappa shape index (κ1) is 14.7. The Kier molecular flexibility index (Phi) is 3.32. The van der Waals surface area contributed by atoms with E-state index in [0.29, 0.717) is 23.7 Å². The van der Waals surface area contributed by atoms with Gasteiger partial charge >= 0.3 is 0 Å². The van der Waals surface area contributed by atoms with Gasteiger partial charge in [0.25, 0.3) is 0 Å². The summed E-state index contributed by atoms with van der Waals surface area (Å²) in [6, 6.07) is 0. The zero-order valence-corrected chi connectivity index (χ0v) is 14.5. The molecule has 5 nitrogen and oxygen atoms in total. The lowest BCUT2D eigenvalue weighted by atomic mass is 10.0. The van der Waals surface area contributed by atoms with Gasteiger partial charge in [-0.05, 0) is 44.9 Å². The molecule has 2 saturated heterocycles. The molecule has 5 rings (SSSR count). The van der Waals surface area contributed by atoms with Crippen LogP contribution in [0.4, 0.5) is 5.82 Å². The summed E-state index contributed by atoms with van der Waals surface area (Å²) in [7, 11) is 0. The lowest BCUT2D eigenvalue weighted by Gasteiger charge is -2.24. The number of aromatic nitrogens is 2. The van der Waals surface area contributed by atoms with E-state index in [0.717, 1.165) is 51.3 Å². The summed E-state index contributed by atoms with van der Waals surface area (Å²) in [5.41, 5.74) is 2.66. The van der Waals surface area contributed by atoms with Crippen LogP contribution in [0.1, 0.15) is 42.8 Å². The molecule has 2 unspecified atom stereocenters. The molecule has 0 spiro atoms. The van der Waals surface area contributed by atoms with E-state index in [1.807, 2.05) is 6.92 Å². The van der Waals surface area contributed by atoms with Gasteiger partial charge < -0.3 is 9.80 Å². The first-order chi connectivity index (χ1) is 11.7. The van der Waals surface area contributed by atoms with Crippen LogP contribution in [-0.4, -0.2) is 47.0 Å². The SMILES string of the molecule is Cc1nc2c(c(N3CC4CN(C(=O)CC5CC5)CC4C3)n1)CCC2. The van der Waals surface area contributed by atoms with Gasteiger partial charge in [-0.2, -0.15) is 0 Å². The van der Waals surface area contributed by atoms with Gasteiger partial charge in [0.1, 0.15) is 11.6 Å². The number of amides is 1. The molecule has 4 aliphatic rings. The van der Waals surface area contributed by atoms with Crippen LogP contribution < -0.4 is 4.90 Å². The van der Waals surface area contributed by atoms with Crippen molar-refractivity contribution in [3.63, 3.8) is 0 Å². The summed E-state index contributed by atoms with van der Waals surface area (Å²) in [5, 5.41) is 0. The minimum absolute atomic E-state index is 0.400. The van der Waals surface area contributed by atoms with E-state index in [1.165, 1.54) is 36.3 Å². The molecule has 5 heteroatoms. The Labute approximate surface area is 143 Å². The Hall–Kier alpha value is -1.65. The molecule has 0 bridgehead atoms. The van der Waals surface area contributed by atoms with Crippen molar-refractivity contribution < 1.29 is 4.79 Å². The molecular weight excluding hydrogens is 300 g/mol. The molecule has 2 aliphatic heterocycles. The second-order valence-electron chi connectivity index (χ2n) is 8.24. The fourth-order valence-electron chi connectivity index (χ4n) is 4.86. The second-order valence-corrected chi connectivity index (χ2v) is 8.24. The molecule has 1 aromatic rings. The maximum atomic E-state index is 12.4. The lowest BCUT2D eigenvalue weighted by Crippen LogP contribution is -2.34. The van der Waals surface area contributed by atoms with E-state index in [-0.39, 0.29) is 0 Å². The number of fused-ring (bicyclic) bond motifs is 2. The van der Waals surface area contributed by atoms with Crippen molar-refractivity contribution in [1.82, 2.24) is 14.9 Å². The first-order valence-corrected chi connectivity index (χ1v) is 9.56. The fraction of sp³-hybridized carbons (Fsp3) is 0.737. The van der Waals surface area contributed by atoms with Gasteiger partial charge in [0.2, 0.25) is 5.91 Å². The quantitative estimate of drug-likeness (QED) is 0.852. The molecule has 1 amide bonds. The third-order valence-electron chi connectivity index (χ3n) is 6.32. The summed E-state index contributed by atoms with van der Waals surface area (Å²) >= 11 is 0. The van der Waals surface area contributed by atoms with Crippen LogP contribution in [0.3, 0.4) is 0 Å². The molecule has 1 saturated carbocycles. The normalized spacial score (nSPS) is 28.4. The number of carbonyl (C=O) groups is 1. The Morgan fingerprint density at radius 2 is 1.83 bits per heavy atom. The van der Waals surface area contributed by atoms with Gasteiger partial charge in [-0.1, -0.05) is 0 Å². The van der Waals surface area contributed by atoms with Crippen LogP contribution in [0.25, 0.3) is 0 Å². The molecular formula is C19H26N4O. The zero-order chi connectivity index (χ0) is 16.3. The molecule has 128 valence electrons. The maximum absolute atomic E-state index is 12.4. The van der Waals surface area contributed by atoms with Crippen molar-refractivity contribution >= 4 is 11.7 Å². The zero-order valence-electron chi connectivity index (χ0n) is 14.5. The van der Waals surface area contributed by atoms with Crippen molar-refractivity contribution in [1.29, 1.82) is 0 Å². The Bertz CT molecular complexity index is 670. The van der Waals surface area contributed by atoms with E-state index in [4.69, 9.17) is 4.98 Å². The van der Waals surface area contributed by atoms with Crippen molar-refractivity contribution in [3.05, 3.63) is 17.1 Å². The summed E-state index contributed by atoms with van der Waals surface area (Å²) < 4.78 is 0. The number of nitrogens with zero attached hydrogens (tertiary/aromatic N) is 4. The van der Waals surface area contributed by atoms with Crippen LogP contribution in [0, 0.1) is 24.7 Å². The minimum atomic E-state index is 0.400. The topological polar surface area (TPSA) is 49.3 Å². The number of likely N-dealkylation sites (tertiary alicyclic amines) is 1. The number of rotatable bonds is 3. The van der Waals surface area contributed by atoms with Gasteiger partial charge in [0, 0.05) is 55.7 Å². The van der Waals surface area contributed by atoms with Crippen LogP contribution in [0.5, 0.6) is 0 Å². The van der Waals surface area contributed by atoms with Crippen LogP contribution in [0.2, 0.25) is 0 Å². The Balaban J connectivity index is 1.29. The maximum Gasteiger partial charge on any atom is 0.222 e. The van der Waals surface area contributed by atoms with Crippen molar-refractivity contribution in [2.45, 2.75) is 45.4 Å². The van der Waals surface area contributed by atoms with E-state index in [9.17, 15) is 4.79 Å². The highest BCUT2D eigenvalue weighted by Gasteiger charge is 2.43. The predicted octanol–water partition coefficient (Wildman–Crippen LogP) is 1.97.